The van der Waals surface area contributed by atoms with E-state index in [2.05, 4.69) is 0 Å². The third-order valence-corrected chi connectivity index (χ3v) is 4.87. The van der Waals surface area contributed by atoms with Crippen molar-refractivity contribution in [2.45, 2.75) is 32.2 Å². The molecule has 0 spiro atoms. The minimum Gasteiger partial charge on any atom is -0.338 e. The Bertz CT molecular complexity index is 531. The van der Waals surface area contributed by atoms with Crippen molar-refractivity contribution in [1.29, 1.82) is 0 Å². The molecular weight excluding hydrogens is 255 g/mol. The van der Waals surface area contributed by atoms with Gasteiger partial charge in [-0.1, -0.05) is 12.5 Å². The molecule has 3 unspecified atom stereocenters. The Hall–Kier alpha value is -1.42. The number of rotatable bonds is 1. The first kappa shape index (κ1) is 13.6. The smallest absolute Gasteiger partial charge is 0.254 e. The second kappa shape index (κ2) is 5.17. The zero-order valence-electron chi connectivity index (χ0n) is 11.8. The van der Waals surface area contributed by atoms with Crippen molar-refractivity contribution in [3.8, 4) is 0 Å². The van der Waals surface area contributed by atoms with Crippen LogP contribution in [0.15, 0.2) is 18.2 Å². The van der Waals surface area contributed by atoms with Crippen LogP contribution in [0.2, 0.25) is 0 Å². The molecule has 2 N–H and O–H groups in total. The summed E-state index contributed by atoms with van der Waals surface area (Å²) >= 11 is 0. The maximum Gasteiger partial charge on any atom is 0.254 e. The Morgan fingerprint density at radius 1 is 1.35 bits per heavy atom. The van der Waals surface area contributed by atoms with Crippen LogP contribution in [0.3, 0.4) is 0 Å². The molecule has 0 bridgehead atoms. The fourth-order valence-electron chi connectivity index (χ4n) is 3.68. The predicted molar refractivity (Wildman–Crippen MR) is 75.8 cm³/mol. The summed E-state index contributed by atoms with van der Waals surface area (Å²) in [5.41, 5.74) is 7.49. The zero-order valence-corrected chi connectivity index (χ0v) is 11.8. The normalized spacial score (nSPS) is 29.4. The van der Waals surface area contributed by atoms with Crippen molar-refractivity contribution < 1.29 is 9.18 Å². The van der Waals surface area contributed by atoms with Gasteiger partial charge in [-0.3, -0.25) is 4.79 Å². The quantitative estimate of drug-likeness (QED) is 0.855. The van der Waals surface area contributed by atoms with E-state index < -0.39 is 0 Å². The highest BCUT2D eigenvalue weighted by molar-refractivity contribution is 5.95. The van der Waals surface area contributed by atoms with Crippen LogP contribution in [-0.2, 0) is 0 Å². The van der Waals surface area contributed by atoms with Gasteiger partial charge in [-0.25, -0.2) is 4.39 Å². The molecule has 1 saturated heterocycles. The van der Waals surface area contributed by atoms with Crippen LogP contribution in [-0.4, -0.2) is 29.9 Å². The van der Waals surface area contributed by atoms with Crippen LogP contribution in [0, 0.1) is 24.6 Å². The molecule has 1 amide bonds. The second-order valence-electron chi connectivity index (χ2n) is 6.19. The molecule has 1 aliphatic carbocycles. The van der Waals surface area contributed by atoms with Crippen LogP contribution >= 0.6 is 0 Å². The van der Waals surface area contributed by atoms with Gasteiger partial charge in [0.15, 0.2) is 0 Å². The number of nitrogens with two attached hydrogens (primary N) is 1. The van der Waals surface area contributed by atoms with Crippen LogP contribution < -0.4 is 5.73 Å². The number of hydrogen-bond acceptors (Lipinski definition) is 2. The van der Waals surface area contributed by atoms with Gasteiger partial charge in [-0.2, -0.15) is 0 Å². The lowest BCUT2D eigenvalue weighted by Crippen LogP contribution is -2.38. The van der Waals surface area contributed by atoms with E-state index in [0.29, 0.717) is 17.4 Å². The van der Waals surface area contributed by atoms with Crippen LogP contribution in [0.4, 0.5) is 4.39 Å². The van der Waals surface area contributed by atoms with Gasteiger partial charge in [-0.15, -0.1) is 0 Å². The molecular formula is C16H21FN2O. The molecule has 2 fully saturated rings. The molecule has 1 aromatic carbocycles. The number of carbonyl (C=O) groups is 1. The van der Waals surface area contributed by atoms with Crippen molar-refractivity contribution in [2.24, 2.45) is 17.6 Å². The number of carbonyl (C=O) groups excluding carboxylic acids is 1. The molecule has 3 rings (SSSR count). The van der Waals surface area contributed by atoms with Gasteiger partial charge in [-0.05, 0) is 49.3 Å². The van der Waals surface area contributed by atoms with Crippen molar-refractivity contribution in [1.82, 2.24) is 4.90 Å². The minimum absolute atomic E-state index is 0.0522. The first-order chi connectivity index (χ1) is 9.56. The molecule has 3 nitrogen and oxygen atoms in total. The number of hydrogen-bond donors (Lipinski definition) is 1. The van der Waals surface area contributed by atoms with Gasteiger partial charge in [0.25, 0.3) is 5.91 Å². The van der Waals surface area contributed by atoms with Gasteiger partial charge < -0.3 is 10.6 Å². The Morgan fingerprint density at radius 3 is 2.90 bits per heavy atom. The number of amides is 1. The van der Waals surface area contributed by atoms with Crippen LogP contribution in [0.1, 0.15) is 35.2 Å². The van der Waals surface area contributed by atoms with Crippen LogP contribution in [0.5, 0.6) is 0 Å². The Labute approximate surface area is 118 Å². The minimum atomic E-state index is -0.354. The Morgan fingerprint density at radius 2 is 2.15 bits per heavy atom. The van der Waals surface area contributed by atoms with Gasteiger partial charge in [0.1, 0.15) is 5.82 Å². The fraction of sp³-hybridized carbons (Fsp3) is 0.562. The number of likely N-dealkylation sites (tertiary alicyclic amines) is 1. The number of benzene rings is 1. The summed E-state index contributed by atoms with van der Waals surface area (Å²) in [5.74, 6) is 0.536. The van der Waals surface area contributed by atoms with Gasteiger partial charge in [0, 0.05) is 24.7 Å². The second-order valence-corrected chi connectivity index (χ2v) is 6.19. The lowest BCUT2D eigenvalue weighted by molar-refractivity contribution is 0.0782. The SMILES string of the molecule is Cc1ccc(F)cc1C(=O)N1CC2CCCC(N)C2C1. The summed E-state index contributed by atoms with van der Waals surface area (Å²) in [6.45, 7) is 3.34. The van der Waals surface area contributed by atoms with Gasteiger partial charge >= 0.3 is 0 Å². The van der Waals surface area contributed by atoms with Gasteiger partial charge in [0.2, 0.25) is 0 Å². The number of halogens is 1. The van der Waals surface area contributed by atoms with E-state index in [-0.39, 0.29) is 17.8 Å². The van der Waals surface area contributed by atoms with E-state index in [1.165, 1.54) is 12.1 Å². The lowest BCUT2D eigenvalue weighted by Gasteiger charge is -2.29. The summed E-state index contributed by atoms with van der Waals surface area (Å²) in [7, 11) is 0. The highest BCUT2D eigenvalue weighted by Gasteiger charge is 2.40. The maximum atomic E-state index is 13.4. The molecule has 20 heavy (non-hydrogen) atoms. The zero-order chi connectivity index (χ0) is 14.3. The molecule has 0 aromatic heterocycles. The summed E-state index contributed by atoms with van der Waals surface area (Å²) in [6, 6.07) is 4.61. The lowest BCUT2D eigenvalue weighted by atomic mass is 9.78. The van der Waals surface area contributed by atoms with E-state index >= 15 is 0 Å². The monoisotopic (exact) mass is 276 g/mol. The van der Waals surface area contributed by atoms with E-state index in [1.807, 2.05) is 11.8 Å². The molecule has 1 saturated carbocycles. The Kier molecular flexibility index (Phi) is 3.50. The van der Waals surface area contributed by atoms with E-state index in [1.54, 1.807) is 6.07 Å². The van der Waals surface area contributed by atoms with Crippen molar-refractivity contribution in [3.63, 3.8) is 0 Å². The highest BCUT2D eigenvalue weighted by Crippen LogP contribution is 2.36. The molecule has 1 heterocycles. The highest BCUT2D eigenvalue weighted by atomic mass is 19.1. The predicted octanol–water partition coefficient (Wildman–Crippen LogP) is 2.33. The van der Waals surface area contributed by atoms with E-state index in [4.69, 9.17) is 5.73 Å². The topological polar surface area (TPSA) is 46.3 Å². The van der Waals surface area contributed by atoms with Crippen molar-refractivity contribution in [3.05, 3.63) is 35.1 Å². The van der Waals surface area contributed by atoms with E-state index in [0.717, 1.165) is 37.9 Å². The molecule has 1 aromatic rings. The fourth-order valence-corrected chi connectivity index (χ4v) is 3.68. The number of nitrogens with zero attached hydrogens (tertiary/aromatic N) is 1. The average molecular weight is 276 g/mol. The summed E-state index contributed by atoms with van der Waals surface area (Å²) in [6.07, 6.45) is 3.37. The maximum absolute atomic E-state index is 13.4. The molecule has 108 valence electrons. The van der Waals surface area contributed by atoms with Crippen molar-refractivity contribution in [2.75, 3.05) is 13.1 Å². The average Bonchev–Trinajstić information content (AvgIpc) is 2.86. The summed E-state index contributed by atoms with van der Waals surface area (Å²) < 4.78 is 13.4. The molecule has 1 aliphatic heterocycles. The van der Waals surface area contributed by atoms with Gasteiger partial charge in [0.05, 0.1) is 0 Å². The third-order valence-electron chi connectivity index (χ3n) is 4.87. The first-order valence-corrected chi connectivity index (χ1v) is 7.37. The largest absolute Gasteiger partial charge is 0.338 e. The number of fused-ring (bicyclic) bond motifs is 1. The van der Waals surface area contributed by atoms with Crippen LogP contribution in [0.25, 0.3) is 0 Å². The molecule has 2 aliphatic rings. The molecule has 4 heteroatoms. The summed E-state index contributed by atoms with van der Waals surface area (Å²) in [4.78, 5) is 14.5. The molecule has 3 atom stereocenters. The third kappa shape index (κ3) is 2.33. The van der Waals surface area contributed by atoms with E-state index in [9.17, 15) is 9.18 Å². The first-order valence-electron chi connectivity index (χ1n) is 7.37. The summed E-state index contributed by atoms with van der Waals surface area (Å²) in [5, 5.41) is 0. The molecule has 0 radical (unpaired) electrons. The van der Waals surface area contributed by atoms with Crippen molar-refractivity contribution >= 4 is 5.91 Å². The standard InChI is InChI=1S/C16H21FN2O/c1-10-5-6-12(17)7-13(10)16(20)19-8-11-3-2-4-15(18)14(11)9-19/h5-7,11,14-15H,2-4,8-9,18H2,1H3. The Balaban J connectivity index is 1.80. The number of aryl methyl sites for hydroxylation is 1.